The first-order valence-electron chi connectivity index (χ1n) is 4.96. The third kappa shape index (κ3) is 3.70. The molecular weight excluding hydrogens is 215 g/mol. The molecule has 0 fully saturated rings. The molecule has 1 aromatic rings. The number of halogens is 3. The molecule has 1 nitrogen and oxygen atoms in total. The van der Waals surface area contributed by atoms with Gasteiger partial charge in [0.05, 0.1) is 5.56 Å². The molecule has 4 heteroatoms. The van der Waals surface area contributed by atoms with Gasteiger partial charge in [-0.2, -0.15) is 13.2 Å². The van der Waals surface area contributed by atoms with Crippen LogP contribution >= 0.6 is 0 Å². The Morgan fingerprint density at radius 3 is 2.19 bits per heavy atom. The van der Waals surface area contributed by atoms with Crippen molar-refractivity contribution in [1.82, 2.24) is 5.32 Å². The Morgan fingerprint density at radius 2 is 1.75 bits per heavy atom. The maximum atomic E-state index is 12.3. The summed E-state index contributed by atoms with van der Waals surface area (Å²) in [5.74, 6) is 0. The molecule has 1 aromatic carbocycles. The van der Waals surface area contributed by atoms with Crippen LogP contribution in [0, 0.1) is 0 Å². The summed E-state index contributed by atoms with van der Waals surface area (Å²) in [6, 6.07) is 5.29. The maximum Gasteiger partial charge on any atom is 0.416 e. The molecule has 0 aliphatic heterocycles. The molecule has 0 heterocycles. The van der Waals surface area contributed by atoms with Crippen LogP contribution in [0.1, 0.15) is 18.1 Å². The molecule has 0 spiro atoms. The van der Waals surface area contributed by atoms with E-state index in [1.807, 2.05) is 20.0 Å². The van der Waals surface area contributed by atoms with Crippen molar-refractivity contribution in [1.29, 1.82) is 0 Å². The first-order chi connectivity index (χ1) is 7.43. The van der Waals surface area contributed by atoms with Crippen molar-refractivity contribution in [2.24, 2.45) is 0 Å². The standard InChI is InChI=1S/C12H14F3N/c1-9(16-2)3-4-10-5-7-11(8-6-10)12(13,14)15/h3-9,16H,1-2H3/b4-3+. The highest BCUT2D eigenvalue weighted by atomic mass is 19.4. The molecule has 0 amide bonds. The highest BCUT2D eigenvalue weighted by Crippen LogP contribution is 2.29. The van der Waals surface area contributed by atoms with Gasteiger partial charge in [0.1, 0.15) is 0 Å². The van der Waals surface area contributed by atoms with E-state index in [-0.39, 0.29) is 6.04 Å². The van der Waals surface area contributed by atoms with Crippen molar-refractivity contribution in [3.8, 4) is 0 Å². The van der Waals surface area contributed by atoms with E-state index < -0.39 is 11.7 Å². The van der Waals surface area contributed by atoms with Gasteiger partial charge in [0.15, 0.2) is 0 Å². The van der Waals surface area contributed by atoms with Gasteiger partial charge in [-0.1, -0.05) is 24.3 Å². The number of likely N-dealkylation sites (N-methyl/N-ethyl adjacent to an activating group) is 1. The van der Waals surface area contributed by atoms with Gasteiger partial charge in [-0.15, -0.1) is 0 Å². The molecule has 88 valence electrons. The normalized spacial score (nSPS) is 14.3. The smallest absolute Gasteiger partial charge is 0.314 e. The quantitative estimate of drug-likeness (QED) is 0.838. The summed E-state index contributed by atoms with van der Waals surface area (Å²) in [5.41, 5.74) is 0.140. The fraction of sp³-hybridized carbons (Fsp3) is 0.333. The van der Waals surface area contributed by atoms with Crippen LogP contribution in [0.2, 0.25) is 0 Å². The van der Waals surface area contributed by atoms with Gasteiger partial charge in [-0.3, -0.25) is 0 Å². The number of benzene rings is 1. The van der Waals surface area contributed by atoms with Crippen molar-refractivity contribution in [2.75, 3.05) is 7.05 Å². The second-order valence-electron chi connectivity index (χ2n) is 3.56. The lowest BCUT2D eigenvalue weighted by Gasteiger charge is -2.06. The maximum absolute atomic E-state index is 12.3. The van der Waals surface area contributed by atoms with Crippen LogP contribution in [0.5, 0.6) is 0 Å². The van der Waals surface area contributed by atoms with Crippen molar-refractivity contribution in [2.45, 2.75) is 19.1 Å². The van der Waals surface area contributed by atoms with Gasteiger partial charge in [0.2, 0.25) is 0 Å². The molecule has 16 heavy (non-hydrogen) atoms. The Labute approximate surface area is 93.0 Å². The van der Waals surface area contributed by atoms with E-state index in [9.17, 15) is 13.2 Å². The van der Waals surface area contributed by atoms with Crippen molar-refractivity contribution >= 4 is 6.08 Å². The minimum Gasteiger partial charge on any atom is -0.314 e. The minimum absolute atomic E-state index is 0.197. The lowest BCUT2D eigenvalue weighted by molar-refractivity contribution is -0.137. The monoisotopic (exact) mass is 229 g/mol. The van der Waals surface area contributed by atoms with Crippen molar-refractivity contribution < 1.29 is 13.2 Å². The SMILES string of the molecule is CNC(C)/C=C/c1ccc(C(F)(F)F)cc1. The summed E-state index contributed by atoms with van der Waals surface area (Å²) in [5, 5.41) is 3.00. The van der Waals surface area contributed by atoms with Gasteiger partial charge in [-0.05, 0) is 31.7 Å². The topological polar surface area (TPSA) is 12.0 Å². The lowest BCUT2D eigenvalue weighted by Crippen LogP contribution is -2.17. The number of nitrogens with one attached hydrogen (secondary N) is 1. The van der Waals surface area contributed by atoms with Gasteiger partial charge < -0.3 is 5.32 Å². The molecule has 0 saturated heterocycles. The Kier molecular flexibility index (Phi) is 4.12. The fourth-order valence-electron chi connectivity index (χ4n) is 1.13. The van der Waals surface area contributed by atoms with Crippen LogP contribution in [0.4, 0.5) is 13.2 Å². The fourth-order valence-corrected chi connectivity index (χ4v) is 1.13. The molecule has 1 atom stereocenters. The van der Waals surface area contributed by atoms with Crippen LogP contribution in [-0.4, -0.2) is 13.1 Å². The predicted molar refractivity (Wildman–Crippen MR) is 59.0 cm³/mol. The molecule has 1 unspecified atom stereocenters. The summed E-state index contributed by atoms with van der Waals surface area (Å²) in [6.07, 6.45) is -0.579. The van der Waals surface area contributed by atoms with Crippen molar-refractivity contribution in [3.05, 3.63) is 41.5 Å². The third-order valence-corrected chi connectivity index (χ3v) is 2.27. The largest absolute Gasteiger partial charge is 0.416 e. The van der Waals surface area contributed by atoms with E-state index in [0.717, 1.165) is 17.7 Å². The molecule has 1 N–H and O–H groups in total. The molecule has 0 radical (unpaired) electrons. The first kappa shape index (κ1) is 12.8. The molecule has 0 aromatic heterocycles. The first-order valence-corrected chi connectivity index (χ1v) is 4.96. The van der Waals surface area contributed by atoms with Gasteiger partial charge in [-0.25, -0.2) is 0 Å². The number of hydrogen-bond acceptors (Lipinski definition) is 1. The van der Waals surface area contributed by atoms with Crippen LogP contribution in [-0.2, 0) is 6.18 Å². The highest BCUT2D eigenvalue weighted by molar-refractivity contribution is 5.50. The Hall–Kier alpha value is -1.29. The minimum atomic E-state index is -4.26. The number of hydrogen-bond donors (Lipinski definition) is 1. The van der Waals surface area contributed by atoms with Gasteiger partial charge in [0, 0.05) is 6.04 Å². The van der Waals surface area contributed by atoms with Crippen molar-refractivity contribution in [3.63, 3.8) is 0 Å². The average molecular weight is 229 g/mol. The predicted octanol–water partition coefficient (Wildman–Crippen LogP) is 3.33. The zero-order valence-corrected chi connectivity index (χ0v) is 9.18. The Morgan fingerprint density at radius 1 is 1.19 bits per heavy atom. The van der Waals surface area contributed by atoms with E-state index in [1.165, 1.54) is 12.1 Å². The Bertz CT molecular complexity index is 352. The summed E-state index contributed by atoms with van der Waals surface area (Å²) < 4.78 is 36.8. The molecule has 0 aliphatic carbocycles. The summed E-state index contributed by atoms with van der Waals surface area (Å²) in [7, 11) is 1.82. The Balaban J connectivity index is 2.76. The van der Waals surface area contributed by atoms with Crippen LogP contribution in [0.25, 0.3) is 6.08 Å². The molecule has 0 bridgehead atoms. The average Bonchev–Trinajstić information content (AvgIpc) is 2.25. The van der Waals surface area contributed by atoms with E-state index in [1.54, 1.807) is 6.08 Å². The van der Waals surface area contributed by atoms with Crippen LogP contribution in [0.15, 0.2) is 30.3 Å². The summed E-state index contributed by atoms with van der Waals surface area (Å²) >= 11 is 0. The van der Waals surface area contributed by atoms with Crippen LogP contribution in [0.3, 0.4) is 0 Å². The molecule has 1 rings (SSSR count). The molecule has 0 aliphatic rings. The van der Waals surface area contributed by atoms with E-state index in [4.69, 9.17) is 0 Å². The van der Waals surface area contributed by atoms with E-state index in [0.29, 0.717) is 0 Å². The van der Waals surface area contributed by atoms with Gasteiger partial charge >= 0.3 is 6.18 Å². The van der Waals surface area contributed by atoms with Gasteiger partial charge in [0.25, 0.3) is 0 Å². The number of rotatable bonds is 3. The zero-order chi connectivity index (χ0) is 12.2. The molecular formula is C12H14F3N. The zero-order valence-electron chi connectivity index (χ0n) is 9.18. The third-order valence-electron chi connectivity index (χ3n) is 2.27. The second kappa shape index (κ2) is 5.16. The van der Waals surface area contributed by atoms with Crippen LogP contribution < -0.4 is 5.32 Å². The number of alkyl halides is 3. The second-order valence-corrected chi connectivity index (χ2v) is 3.56. The highest BCUT2D eigenvalue weighted by Gasteiger charge is 2.29. The summed E-state index contributed by atoms with van der Waals surface area (Å²) in [6.45, 7) is 1.96. The lowest BCUT2D eigenvalue weighted by atomic mass is 10.1. The van der Waals surface area contributed by atoms with E-state index in [2.05, 4.69) is 5.32 Å². The van der Waals surface area contributed by atoms with E-state index >= 15 is 0 Å². The molecule has 0 saturated carbocycles. The summed E-state index contributed by atoms with van der Waals surface area (Å²) in [4.78, 5) is 0.